The van der Waals surface area contributed by atoms with E-state index < -0.39 is 0 Å². The van der Waals surface area contributed by atoms with Gasteiger partial charge >= 0.3 is 0 Å². The van der Waals surface area contributed by atoms with E-state index in [0.29, 0.717) is 11.4 Å². The van der Waals surface area contributed by atoms with Crippen LogP contribution in [0.3, 0.4) is 0 Å². The van der Waals surface area contributed by atoms with Crippen molar-refractivity contribution in [3.8, 4) is 28.3 Å². The summed E-state index contributed by atoms with van der Waals surface area (Å²) in [7, 11) is 0. The quantitative estimate of drug-likeness (QED) is 0.186. The molecule has 0 fully saturated rings. The van der Waals surface area contributed by atoms with Gasteiger partial charge in [0.25, 0.3) is 0 Å². The van der Waals surface area contributed by atoms with Gasteiger partial charge in [-0.2, -0.15) is 0 Å². The molecule has 0 bridgehead atoms. The second-order valence-electron chi connectivity index (χ2n) is 13.3. The standard InChI is InChI=1S/C46H25N3O2S/c1-2-11-26(12-3-1)43-45-44(29-14-5-8-18-35(29)51-45)48-46(47-43)31-16-10-19-37-40(31)32-25-27(21-23-36(32)50-37)49-33-17-7-4-13-28(33)41-34(49)22-24-39-42(41)30-15-6-9-20-38(30)52-39/h1-25H. The van der Waals surface area contributed by atoms with E-state index in [-0.39, 0.29) is 0 Å². The summed E-state index contributed by atoms with van der Waals surface area (Å²) < 4.78 is 17.9. The first kappa shape index (κ1) is 28.0. The van der Waals surface area contributed by atoms with Gasteiger partial charge in [0.1, 0.15) is 28.0 Å². The summed E-state index contributed by atoms with van der Waals surface area (Å²) in [4.78, 5) is 10.4. The average Bonchev–Trinajstić information content (AvgIpc) is 3.96. The van der Waals surface area contributed by atoms with E-state index in [0.717, 1.165) is 60.9 Å². The van der Waals surface area contributed by atoms with Gasteiger partial charge in [-0.25, -0.2) is 9.97 Å². The fraction of sp³-hybridized carbons (Fsp3) is 0. The van der Waals surface area contributed by atoms with Crippen molar-refractivity contribution in [2.75, 3.05) is 0 Å². The van der Waals surface area contributed by atoms with Gasteiger partial charge in [-0.05, 0) is 60.7 Å². The number of aromatic nitrogens is 3. The highest BCUT2D eigenvalue weighted by Gasteiger charge is 2.22. The Morgan fingerprint density at radius 1 is 0.481 bits per heavy atom. The van der Waals surface area contributed by atoms with Crippen molar-refractivity contribution in [1.82, 2.24) is 14.5 Å². The van der Waals surface area contributed by atoms with Gasteiger partial charge in [-0.3, -0.25) is 0 Å². The highest BCUT2D eigenvalue weighted by molar-refractivity contribution is 7.26. The van der Waals surface area contributed by atoms with E-state index in [1.165, 1.54) is 42.0 Å². The number of fused-ring (bicyclic) bond motifs is 13. The Morgan fingerprint density at radius 3 is 2.17 bits per heavy atom. The van der Waals surface area contributed by atoms with Gasteiger partial charge in [-0.1, -0.05) is 91.0 Å². The van der Waals surface area contributed by atoms with Crippen molar-refractivity contribution in [2.45, 2.75) is 0 Å². The van der Waals surface area contributed by atoms with Gasteiger partial charge < -0.3 is 13.4 Å². The monoisotopic (exact) mass is 683 g/mol. The number of benzene rings is 7. The first-order valence-corrected chi connectivity index (χ1v) is 18.1. The van der Waals surface area contributed by atoms with E-state index in [2.05, 4.69) is 108 Å². The summed E-state index contributed by atoms with van der Waals surface area (Å²) >= 11 is 1.86. The molecule has 0 saturated carbocycles. The SMILES string of the molecule is c1ccc(-c2nc(-c3cccc4oc5ccc(-n6c7ccccc7c7c8c(ccc76)sc6ccccc68)cc5c34)nc3c2oc2ccccc23)cc1. The molecule has 0 unspecified atom stereocenters. The maximum Gasteiger partial charge on any atom is 0.180 e. The molecule has 0 atom stereocenters. The van der Waals surface area contributed by atoms with Crippen molar-refractivity contribution in [2.24, 2.45) is 0 Å². The predicted molar refractivity (Wildman–Crippen MR) is 215 cm³/mol. The first-order valence-electron chi connectivity index (χ1n) is 17.3. The Kier molecular flexibility index (Phi) is 5.59. The minimum atomic E-state index is 0.625. The van der Waals surface area contributed by atoms with Crippen molar-refractivity contribution in [1.29, 1.82) is 0 Å². The van der Waals surface area contributed by atoms with Crippen LogP contribution in [-0.2, 0) is 0 Å². The highest BCUT2D eigenvalue weighted by atomic mass is 32.1. The molecule has 0 aliphatic heterocycles. The molecule has 0 saturated heterocycles. The molecule has 0 spiro atoms. The third-order valence-corrected chi connectivity index (χ3v) is 11.6. The normalized spacial score (nSPS) is 12.2. The molecule has 12 rings (SSSR count). The van der Waals surface area contributed by atoms with Crippen LogP contribution in [0.15, 0.2) is 160 Å². The van der Waals surface area contributed by atoms with Crippen LogP contribution in [0.2, 0.25) is 0 Å². The molecule has 0 amide bonds. The van der Waals surface area contributed by atoms with Gasteiger partial charge in [0.15, 0.2) is 11.4 Å². The van der Waals surface area contributed by atoms with Crippen molar-refractivity contribution in [3.63, 3.8) is 0 Å². The molecule has 5 aromatic heterocycles. The number of nitrogens with zero attached hydrogens (tertiary/aromatic N) is 3. The van der Waals surface area contributed by atoms with Crippen molar-refractivity contribution in [3.05, 3.63) is 152 Å². The highest BCUT2D eigenvalue weighted by Crippen LogP contribution is 2.45. The number of hydrogen-bond donors (Lipinski definition) is 0. The predicted octanol–water partition coefficient (Wildman–Crippen LogP) is 13.1. The molecule has 5 nitrogen and oxygen atoms in total. The van der Waals surface area contributed by atoms with Crippen molar-refractivity contribution >= 4 is 97.3 Å². The molecule has 0 aliphatic carbocycles. The van der Waals surface area contributed by atoms with E-state index >= 15 is 0 Å². The van der Waals surface area contributed by atoms with E-state index in [9.17, 15) is 0 Å². The van der Waals surface area contributed by atoms with Crippen LogP contribution in [-0.4, -0.2) is 14.5 Å². The third-order valence-electron chi connectivity index (χ3n) is 10.4. The molecular formula is C46H25N3O2S. The topological polar surface area (TPSA) is 57.0 Å². The molecule has 7 aromatic carbocycles. The minimum absolute atomic E-state index is 0.625. The molecule has 12 aromatic rings. The Hall–Kier alpha value is -6.76. The molecule has 0 aliphatic rings. The lowest BCUT2D eigenvalue weighted by atomic mass is 10.0. The summed E-state index contributed by atoms with van der Waals surface area (Å²) in [6.07, 6.45) is 0. The number of furan rings is 2. The smallest absolute Gasteiger partial charge is 0.180 e. The van der Waals surface area contributed by atoms with Crippen LogP contribution in [0, 0.1) is 0 Å². The summed E-state index contributed by atoms with van der Waals surface area (Å²) in [5.41, 5.74) is 9.93. The Morgan fingerprint density at radius 2 is 1.25 bits per heavy atom. The second-order valence-corrected chi connectivity index (χ2v) is 14.4. The number of para-hydroxylation sites is 2. The molecular weight excluding hydrogens is 659 g/mol. The van der Waals surface area contributed by atoms with Crippen LogP contribution in [0.5, 0.6) is 0 Å². The van der Waals surface area contributed by atoms with Gasteiger partial charge in [0.05, 0.1) is 11.0 Å². The summed E-state index contributed by atoms with van der Waals surface area (Å²) in [6.45, 7) is 0. The van der Waals surface area contributed by atoms with Crippen LogP contribution in [0.4, 0.5) is 0 Å². The molecule has 242 valence electrons. The number of thiophene rings is 1. The molecule has 0 radical (unpaired) electrons. The minimum Gasteiger partial charge on any atom is -0.456 e. The number of hydrogen-bond acceptors (Lipinski definition) is 5. The molecule has 6 heteroatoms. The summed E-state index contributed by atoms with van der Waals surface area (Å²) in [5, 5.41) is 8.10. The van der Waals surface area contributed by atoms with Gasteiger partial charge in [-0.15, -0.1) is 11.3 Å². The van der Waals surface area contributed by atoms with E-state index in [1.807, 2.05) is 59.9 Å². The molecule has 0 N–H and O–H groups in total. The van der Waals surface area contributed by atoms with Crippen LogP contribution < -0.4 is 0 Å². The first-order chi connectivity index (χ1) is 25.8. The van der Waals surface area contributed by atoms with Crippen LogP contribution >= 0.6 is 11.3 Å². The zero-order valence-corrected chi connectivity index (χ0v) is 28.3. The van der Waals surface area contributed by atoms with E-state index in [4.69, 9.17) is 18.8 Å². The lowest BCUT2D eigenvalue weighted by Gasteiger charge is -2.09. The van der Waals surface area contributed by atoms with E-state index in [1.54, 1.807) is 0 Å². The van der Waals surface area contributed by atoms with Crippen LogP contribution in [0.25, 0.3) is 114 Å². The van der Waals surface area contributed by atoms with Crippen LogP contribution in [0.1, 0.15) is 0 Å². The maximum absolute atomic E-state index is 6.53. The Labute approximate surface area is 299 Å². The zero-order valence-electron chi connectivity index (χ0n) is 27.5. The fourth-order valence-electron chi connectivity index (χ4n) is 8.20. The Balaban J connectivity index is 1.14. The van der Waals surface area contributed by atoms with Gasteiger partial charge in [0, 0.05) is 63.9 Å². The molecule has 52 heavy (non-hydrogen) atoms. The maximum atomic E-state index is 6.53. The third kappa shape index (κ3) is 3.81. The summed E-state index contributed by atoms with van der Waals surface area (Å²) in [6, 6.07) is 53.0. The molecule has 5 heterocycles. The fourth-order valence-corrected chi connectivity index (χ4v) is 9.31. The van der Waals surface area contributed by atoms with Crippen molar-refractivity contribution < 1.29 is 8.83 Å². The zero-order chi connectivity index (χ0) is 33.9. The lowest BCUT2D eigenvalue weighted by Crippen LogP contribution is -1.95. The summed E-state index contributed by atoms with van der Waals surface area (Å²) in [5.74, 6) is 0.625. The second kappa shape index (κ2) is 10.4. The largest absolute Gasteiger partial charge is 0.456 e. The average molecular weight is 684 g/mol. The number of rotatable bonds is 3. The van der Waals surface area contributed by atoms with Gasteiger partial charge in [0.2, 0.25) is 0 Å². The Bertz CT molecular complexity index is 3420. The lowest BCUT2D eigenvalue weighted by molar-refractivity contribution is 0.667.